The first-order chi connectivity index (χ1) is 7.74. The predicted molar refractivity (Wildman–Crippen MR) is 63.7 cm³/mol. The van der Waals surface area contributed by atoms with Crippen LogP contribution in [0.3, 0.4) is 0 Å². The Kier molecular flexibility index (Phi) is 2.49. The van der Waals surface area contributed by atoms with Gasteiger partial charge in [-0.15, -0.1) is 0 Å². The van der Waals surface area contributed by atoms with Crippen LogP contribution in [0.2, 0.25) is 5.02 Å². The number of benzene rings is 1. The first kappa shape index (κ1) is 10.3. The van der Waals surface area contributed by atoms with Gasteiger partial charge in [-0.1, -0.05) is 23.7 Å². The summed E-state index contributed by atoms with van der Waals surface area (Å²) in [6, 6.07) is 7.97. The maximum absolute atomic E-state index is 11.8. The molecule has 0 radical (unpaired) electrons. The fourth-order valence-electron chi connectivity index (χ4n) is 2.94. The van der Waals surface area contributed by atoms with E-state index < -0.39 is 0 Å². The van der Waals surface area contributed by atoms with Crippen molar-refractivity contribution in [3.8, 4) is 0 Å². The molecule has 0 saturated carbocycles. The molecule has 3 rings (SSSR count). The minimum atomic E-state index is 0.218. The molecule has 1 aromatic rings. The van der Waals surface area contributed by atoms with E-state index in [2.05, 4.69) is 17.0 Å². The lowest BCUT2D eigenvalue weighted by atomic mass is 9.81. The van der Waals surface area contributed by atoms with Crippen LogP contribution in [-0.4, -0.2) is 30.3 Å². The van der Waals surface area contributed by atoms with Crippen LogP contribution in [0.15, 0.2) is 24.3 Å². The number of ketones is 1. The van der Waals surface area contributed by atoms with E-state index in [-0.39, 0.29) is 5.92 Å². The number of halogens is 1. The molecule has 3 atom stereocenters. The van der Waals surface area contributed by atoms with E-state index in [9.17, 15) is 4.79 Å². The Bertz CT molecular complexity index is 414. The highest BCUT2D eigenvalue weighted by Crippen LogP contribution is 2.37. The smallest absolute Gasteiger partial charge is 0.151 e. The van der Waals surface area contributed by atoms with Crippen molar-refractivity contribution in [3.05, 3.63) is 34.9 Å². The summed E-state index contributed by atoms with van der Waals surface area (Å²) in [5, 5.41) is 0.763. The molecule has 1 aromatic carbocycles. The van der Waals surface area contributed by atoms with E-state index in [4.69, 9.17) is 11.6 Å². The third kappa shape index (κ3) is 1.66. The zero-order valence-corrected chi connectivity index (χ0v) is 9.78. The van der Waals surface area contributed by atoms with Crippen molar-refractivity contribution in [2.24, 2.45) is 5.92 Å². The average molecular weight is 236 g/mol. The summed E-state index contributed by atoms with van der Waals surface area (Å²) in [7, 11) is 0. The summed E-state index contributed by atoms with van der Waals surface area (Å²) in [6.45, 7) is 2.66. The van der Waals surface area contributed by atoms with E-state index in [1.165, 1.54) is 5.56 Å². The van der Waals surface area contributed by atoms with Gasteiger partial charge in [0.2, 0.25) is 0 Å². The topological polar surface area (TPSA) is 20.3 Å². The van der Waals surface area contributed by atoms with Gasteiger partial charge in [0.1, 0.15) is 0 Å². The van der Waals surface area contributed by atoms with Crippen molar-refractivity contribution in [3.63, 3.8) is 0 Å². The molecule has 2 nitrogen and oxygen atoms in total. The largest absolute Gasteiger partial charge is 0.298 e. The second-order valence-electron chi connectivity index (χ2n) is 4.75. The van der Waals surface area contributed by atoms with Crippen LogP contribution in [0.4, 0.5) is 0 Å². The number of hydrogen-bond donors (Lipinski definition) is 0. The predicted octanol–water partition coefficient (Wildman–Crippen LogP) is 2.33. The standard InChI is InChI=1S/C13H14ClNO/c14-10-3-1-9(2-4-10)11-5-6-15-7-12(11)13(16)8-15/h1-4,11-12H,5-8H2/t11-,12-/m1/s1. The van der Waals surface area contributed by atoms with Crippen LogP contribution >= 0.6 is 11.6 Å². The SMILES string of the molecule is O=C1CN2CC[C@H](c3ccc(Cl)cc3)[C@H]1C2. The molecule has 16 heavy (non-hydrogen) atoms. The molecule has 0 aromatic heterocycles. The Balaban J connectivity index is 1.89. The molecular weight excluding hydrogens is 222 g/mol. The summed E-state index contributed by atoms with van der Waals surface area (Å²) in [6.07, 6.45) is 1.10. The normalized spacial score (nSPS) is 33.1. The zero-order valence-electron chi connectivity index (χ0n) is 9.03. The molecule has 2 saturated heterocycles. The summed E-state index contributed by atoms with van der Waals surface area (Å²) in [5.74, 6) is 1.04. The van der Waals surface area contributed by atoms with Crippen LogP contribution in [0.5, 0.6) is 0 Å². The number of fused-ring (bicyclic) bond motifs is 2. The summed E-state index contributed by atoms with van der Waals surface area (Å²) >= 11 is 5.88. The van der Waals surface area contributed by atoms with Gasteiger partial charge < -0.3 is 0 Å². The van der Waals surface area contributed by atoms with Crippen LogP contribution in [0, 0.1) is 5.92 Å². The van der Waals surface area contributed by atoms with Gasteiger partial charge in [0.15, 0.2) is 5.78 Å². The second-order valence-corrected chi connectivity index (χ2v) is 5.19. The Morgan fingerprint density at radius 1 is 1.19 bits per heavy atom. The molecule has 2 fully saturated rings. The van der Waals surface area contributed by atoms with Gasteiger partial charge in [0.05, 0.1) is 6.54 Å². The Labute approximate surface area is 100 Å². The third-order valence-electron chi connectivity index (χ3n) is 3.79. The van der Waals surface area contributed by atoms with Crippen molar-refractivity contribution >= 4 is 17.4 Å². The van der Waals surface area contributed by atoms with E-state index in [0.717, 1.165) is 24.5 Å². The van der Waals surface area contributed by atoms with Gasteiger partial charge in [0.25, 0.3) is 0 Å². The fourth-order valence-corrected chi connectivity index (χ4v) is 3.06. The number of carbonyl (C=O) groups is 1. The Hall–Kier alpha value is -0.860. The molecule has 0 spiro atoms. The average Bonchev–Trinajstić information content (AvgIpc) is 2.57. The quantitative estimate of drug-likeness (QED) is 0.745. The van der Waals surface area contributed by atoms with Gasteiger partial charge in [-0.2, -0.15) is 0 Å². The van der Waals surface area contributed by atoms with Gasteiger partial charge in [-0.05, 0) is 36.6 Å². The number of hydrogen-bond acceptors (Lipinski definition) is 2. The molecule has 84 valence electrons. The van der Waals surface area contributed by atoms with Crippen LogP contribution in [0.1, 0.15) is 17.9 Å². The van der Waals surface area contributed by atoms with Crippen molar-refractivity contribution in [2.75, 3.05) is 19.6 Å². The Morgan fingerprint density at radius 2 is 1.94 bits per heavy atom. The molecule has 0 N–H and O–H groups in total. The first-order valence-corrected chi connectivity index (χ1v) is 6.12. The highest BCUT2D eigenvalue weighted by Gasteiger charge is 2.40. The second kappa shape index (κ2) is 3.86. The summed E-state index contributed by atoms with van der Waals surface area (Å²) in [4.78, 5) is 14.1. The monoisotopic (exact) mass is 235 g/mol. The van der Waals surface area contributed by atoms with Crippen molar-refractivity contribution in [1.29, 1.82) is 0 Å². The third-order valence-corrected chi connectivity index (χ3v) is 4.04. The molecular formula is C13H14ClNO. The van der Waals surface area contributed by atoms with E-state index >= 15 is 0 Å². The van der Waals surface area contributed by atoms with E-state index in [0.29, 0.717) is 18.2 Å². The molecule has 0 aliphatic carbocycles. The van der Waals surface area contributed by atoms with Crippen molar-refractivity contribution in [2.45, 2.75) is 12.3 Å². The van der Waals surface area contributed by atoms with Gasteiger partial charge in [-0.25, -0.2) is 0 Å². The highest BCUT2D eigenvalue weighted by molar-refractivity contribution is 6.30. The van der Waals surface area contributed by atoms with Crippen LogP contribution < -0.4 is 0 Å². The fraction of sp³-hybridized carbons (Fsp3) is 0.462. The lowest BCUT2D eigenvalue weighted by molar-refractivity contribution is -0.120. The van der Waals surface area contributed by atoms with Crippen molar-refractivity contribution < 1.29 is 4.79 Å². The Morgan fingerprint density at radius 3 is 2.69 bits per heavy atom. The minimum absolute atomic E-state index is 0.218. The molecule has 2 aliphatic rings. The van der Waals surface area contributed by atoms with Gasteiger partial charge in [0, 0.05) is 17.5 Å². The molecule has 0 amide bonds. The number of nitrogens with zero attached hydrogens (tertiary/aromatic N) is 1. The number of carbonyl (C=O) groups excluding carboxylic acids is 1. The van der Waals surface area contributed by atoms with Crippen LogP contribution in [0.25, 0.3) is 0 Å². The lowest BCUT2D eigenvalue weighted by Gasteiger charge is -2.29. The first-order valence-electron chi connectivity index (χ1n) is 5.74. The number of piperidine rings is 1. The summed E-state index contributed by atoms with van der Waals surface area (Å²) < 4.78 is 0. The molecule has 1 unspecified atom stereocenters. The minimum Gasteiger partial charge on any atom is -0.298 e. The molecule has 2 heterocycles. The van der Waals surface area contributed by atoms with E-state index in [1.54, 1.807) is 0 Å². The van der Waals surface area contributed by atoms with Gasteiger partial charge in [-0.3, -0.25) is 9.69 Å². The summed E-state index contributed by atoms with van der Waals surface area (Å²) in [5.41, 5.74) is 1.27. The highest BCUT2D eigenvalue weighted by atomic mass is 35.5. The molecule has 3 heteroatoms. The number of rotatable bonds is 1. The zero-order chi connectivity index (χ0) is 11.1. The molecule has 2 aliphatic heterocycles. The molecule has 2 bridgehead atoms. The number of Topliss-reactive ketones (excluding diaryl/α,β-unsaturated/α-hetero) is 1. The van der Waals surface area contributed by atoms with Gasteiger partial charge >= 0.3 is 0 Å². The van der Waals surface area contributed by atoms with Crippen LogP contribution in [-0.2, 0) is 4.79 Å². The van der Waals surface area contributed by atoms with E-state index in [1.807, 2.05) is 12.1 Å². The lowest BCUT2D eigenvalue weighted by Crippen LogP contribution is -2.31. The maximum atomic E-state index is 11.8. The maximum Gasteiger partial charge on any atom is 0.151 e. The van der Waals surface area contributed by atoms with Crippen molar-refractivity contribution in [1.82, 2.24) is 4.90 Å².